The summed E-state index contributed by atoms with van der Waals surface area (Å²) in [5.74, 6) is 1.39. The number of hydrogen-bond acceptors (Lipinski definition) is 3. The molecular formula is C26H36O3. The van der Waals surface area contributed by atoms with Crippen LogP contribution in [0.1, 0.15) is 64.9 Å². The number of carbonyl (C=O) groups excluding carboxylic acids is 1. The Bertz CT molecular complexity index is 704. The van der Waals surface area contributed by atoms with Gasteiger partial charge in [0.15, 0.2) is 6.10 Å². The first kappa shape index (κ1) is 21.8. The summed E-state index contributed by atoms with van der Waals surface area (Å²) in [6.07, 6.45) is 12.0. The largest absolute Gasteiger partial charge is 0.460 e. The summed E-state index contributed by atoms with van der Waals surface area (Å²) in [7, 11) is 0. The molecule has 1 aromatic rings. The van der Waals surface area contributed by atoms with Gasteiger partial charge in [-0.05, 0) is 61.0 Å². The predicted octanol–water partition coefficient (Wildman–Crippen LogP) is 6.20. The summed E-state index contributed by atoms with van der Waals surface area (Å²) >= 11 is 0. The van der Waals surface area contributed by atoms with Gasteiger partial charge in [-0.2, -0.15) is 0 Å². The van der Waals surface area contributed by atoms with Crippen LogP contribution in [0, 0.1) is 17.8 Å². The van der Waals surface area contributed by atoms with Crippen molar-refractivity contribution < 1.29 is 14.3 Å². The van der Waals surface area contributed by atoms with Gasteiger partial charge >= 0.3 is 5.97 Å². The van der Waals surface area contributed by atoms with Gasteiger partial charge < -0.3 is 9.47 Å². The minimum atomic E-state index is -0.567. The van der Waals surface area contributed by atoms with Gasteiger partial charge in [0.25, 0.3) is 0 Å². The fourth-order valence-electron chi connectivity index (χ4n) is 4.62. The molecule has 0 spiro atoms. The maximum absolute atomic E-state index is 13.1. The van der Waals surface area contributed by atoms with E-state index in [1.165, 1.54) is 6.42 Å². The molecule has 29 heavy (non-hydrogen) atoms. The van der Waals surface area contributed by atoms with Crippen LogP contribution in [0.25, 0.3) is 6.08 Å². The number of esters is 1. The molecule has 1 saturated carbocycles. The molecule has 0 radical (unpaired) electrons. The summed E-state index contributed by atoms with van der Waals surface area (Å²) in [5, 5.41) is 0. The highest BCUT2D eigenvalue weighted by Crippen LogP contribution is 2.36. The second kappa shape index (κ2) is 10.8. The molecule has 0 bridgehead atoms. The summed E-state index contributed by atoms with van der Waals surface area (Å²) in [6, 6.07) is 10.1. The molecule has 0 heterocycles. The molecule has 3 heteroatoms. The summed E-state index contributed by atoms with van der Waals surface area (Å²) < 4.78 is 12.1. The highest BCUT2D eigenvalue weighted by Gasteiger charge is 2.36. The van der Waals surface area contributed by atoms with Gasteiger partial charge in [-0.3, -0.25) is 0 Å². The van der Waals surface area contributed by atoms with E-state index in [4.69, 9.17) is 9.47 Å². The van der Waals surface area contributed by atoms with E-state index < -0.39 is 6.10 Å². The van der Waals surface area contributed by atoms with Crippen molar-refractivity contribution in [2.24, 2.45) is 17.8 Å². The number of rotatable bonds is 8. The van der Waals surface area contributed by atoms with E-state index in [9.17, 15) is 4.79 Å². The second-order valence-electron chi connectivity index (χ2n) is 9.00. The molecule has 0 aliphatic heterocycles. The van der Waals surface area contributed by atoms with Gasteiger partial charge in [0.05, 0.1) is 6.61 Å². The third-order valence-electron chi connectivity index (χ3n) is 6.32. The van der Waals surface area contributed by atoms with E-state index in [0.717, 1.165) is 43.2 Å². The van der Waals surface area contributed by atoms with E-state index >= 15 is 0 Å². The van der Waals surface area contributed by atoms with Gasteiger partial charge in [0.2, 0.25) is 0 Å². The van der Waals surface area contributed by atoms with Crippen molar-refractivity contribution in [3.05, 3.63) is 53.6 Å². The van der Waals surface area contributed by atoms with Crippen LogP contribution in [-0.4, -0.2) is 24.8 Å². The molecule has 0 amide bonds. The zero-order valence-corrected chi connectivity index (χ0v) is 18.2. The third-order valence-corrected chi connectivity index (χ3v) is 6.32. The molecule has 3 rings (SSSR count). The van der Waals surface area contributed by atoms with Crippen molar-refractivity contribution in [2.45, 2.75) is 71.5 Å². The fourth-order valence-corrected chi connectivity index (χ4v) is 4.62. The van der Waals surface area contributed by atoms with Crippen LogP contribution in [0.15, 0.2) is 48.1 Å². The van der Waals surface area contributed by atoms with E-state index in [0.29, 0.717) is 24.4 Å². The number of carbonyl (C=O) groups is 1. The van der Waals surface area contributed by atoms with E-state index in [-0.39, 0.29) is 12.1 Å². The van der Waals surface area contributed by atoms with Crippen LogP contribution in [0.3, 0.4) is 0 Å². The molecule has 0 saturated heterocycles. The van der Waals surface area contributed by atoms with Crippen LogP contribution in [-0.2, 0) is 14.3 Å². The molecule has 1 fully saturated rings. The first-order valence-corrected chi connectivity index (χ1v) is 11.3. The lowest BCUT2D eigenvalue weighted by Crippen LogP contribution is -2.39. The fraction of sp³-hybridized carbons (Fsp3) is 0.577. The average Bonchev–Trinajstić information content (AvgIpc) is 3.23. The Balaban J connectivity index is 1.62. The Morgan fingerprint density at radius 1 is 1.21 bits per heavy atom. The maximum Gasteiger partial charge on any atom is 0.339 e. The minimum absolute atomic E-state index is 0.0132. The zero-order valence-electron chi connectivity index (χ0n) is 18.2. The molecule has 158 valence electrons. The molecule has 0 aromatic heterocycles. The van der Waals surface area contributed by atoms with Crippen molar-refractivity contribution in [3.63, 3.8) is 0 Å². The van der Waals surface area contributed by atoms with Gasteiger partial charge in [0.1, 0.15) is 6.10 Å². The van der Waals surface area contributed by atoms with Crippen molar-refractivity contribution >= 4 is 12.0 Å². The topological polar surface area (TPSA) is 35.5 Å². The quantitative estimate of drug-likeness (QED) is 0.388. The van der Waals surface area contributed by atoms with Gasteiger partial charge in [0, 0.05) is 0 Å². The standard InChI is InChI=1S/C26H36O3/c1-19(2)23-16-15-20(3)18-24(23)29-26(27)25(22-13-7-8-14-22)28-17-9-12-21-10-5-4-6-11-21/h4-6,9-13,19-20,23-25H,7-8,14-18H2,1-3H3/b12-9-/t20-,23+,24-,25?/m1/s1. The van der Waals surface area contributed by atoms with Crippen LogP contribution in [0.2, 0.25) is 0 Å². The maximum atomic E-state index is 13.1. The van der Waals surface area contributed by atoms with Crippen LogP contribution < -0.4 is 0 Å². The van der Waals surface area contributed by atoms with Gasteiger partial charge in [-0.15, -0.1) is 0 Å². The first-order chi connectivity index (χ1) is 14.0. The molecule has 0 N–H and O–H groups in total. The van der Waals surface area contributed by atoms with Crippen molar-refractivity contribution in [3.8, 4) is 0 Å². The number of benzene rings is 1. The normalized spacial score (nSPS) is 25.9. The highest BCUT2D eigenvalue weighted by molar-refractivity contribution is 5.78. The van der Waals surface area contributed by atoms with Gasteiger partial charge in [-0.25, -0.2) is 4.79 Å². The molecule has 2 aliphatic carbocycles. The van der Waals surface area contributed by atoms with Crippen molar-refractivity contribution in [1.82, 2.24) is 0 Å². The molecular weight excluding hydrogens is 360 g/mol. The summed E-state index contributed by atoms with van der Waals surface area (Å²) in [5.41, 5.74) is 2.22. The second-order valence-corrected chi connectivity index (χ2v) is 9.00. The Labute approximate surface area is 176 Å². The summed E-state index contributed by atoms with van der Waals surface area (Å²) in [4.78, 5) is 13.1. The number of ether oxygens (including phenoxy) is 2. The molecule has 2 aliphatic rings. The first-order valence-electron chi connectivity index (χ1n) is 11.3. The Kier molecular flexibility index (Phi) is 8.11. The Morgan fingerprint density at radius 3 is 2.69 bits per heavy atom. The van der Waals surface area contributed by atoms with E-state index in [1.54, 1.807) is 0 Å². The van der Waals surface area contributed by atoms with E-state index in [2.05, 4.69) is 39.0 Å². The van der Waals surface area contributed by atoms with Gasteiger partial charge in [-0.1, -0.05) is 75.8 Å². The molecule has 1 aromatic carbocycles. The lowest BCUT2D eigenvalue weighted by molar-refractivity contribution is -0.166. The lowest BCUT2D eigenvalue weighted by Gasteiger charge is -2.37. The Morgan fingerprint density at radius 2 is 2.00 bits per heavy atom. The summed E-state index contributed by atoms with van der Waals surface area (Å²) in [6.45, 7) is 7.15. The monoisotopic (exact) mass is 396 g/mol. The SMILES string of the molecule is CC(C)[C@@H]1CC[C@@H](C)C[C@H]1OC(=O)C(OC/C=C\c1ccccc1)C1=CCCC1. The Hall–Kier alpha value is -1.87. The number of hydrogen-bond donors (Lipinski definition) is 0. The molecule has 3 nitrogen and oxygen atoms in total. The van der Waals surface area contributed by atoms with Crippen molar-refractivity contribution in [2.75, 3.05) is 6.61 Å². The zero-order chi connectivity index (χ0) is 20.6. The van der Waals surface area contributed by atoms with E-state index in [1.807, 2.05) is 30.4 Å². The number of allylic oxidation sites excluding steroid dienone is 1. The lowest BCUT2D eigenvalue weighted by atomic mass is 9.75. The average molecular weight is 397 g/mol. The minimum Gasteiger partial charge on any atom is -0.460 e. The highest BCUT2D eigenvalue weighted by atomic mass is 16.6. The van der Waals surface area contributed by atoms with Crippen LogP contribution in [0.5, 0.6) is 0 Å². The van der Waals surface area contributed by atoms with Crippen LogP contribution in [0.4, 0.5) is 0 Å². The van der Waals surface area contributed by atoms with Crippen molar-refractivity contribution in [1.29, 1.82) is 0 Å². The third kappa shape index (κ3) is 6.30. The van der Waals surface area contributed by atoms with Crippen LogP contribution >= 0.6 is 0 Å². The molecule has 1 unspecified atom stereocenters. The predicted molar refractivity (Wildman–Crippen MR) is 118 cm³/mol. The smallest absolute Gasteiger partial charge is 0.339 e. The molecule has 4 atom stereocenters.